The predicted molar refractivity (Wildman–Crippen MR) is 109 cm³/mol. The number of halogens is 1. The van der Waals surface area contributed by atoms with E-state index in [4.69, 9.17) is 9.73 Å². The van der Waals surface area contributed by atoms with Gasteiger partial charge in [0.15, 0.2) is 5.96 Å². The van der Waals surface area contributed by atoms with E-state index in [1.807, 2.05) is 24.1 Å². The minimum Gasteiger partial charge on any atom is -0.370 e. The van der Waals surface area contributed by atoms with Crippen LogP contribution in [0.15, 0.2) is 17.4 Å². The summed E-state index contributed by atoms with van der Waals surface area (Å²) in [7, 11) is 1.93. The number of ether oxygens (including phenoxy) is 1. The molecule has 1 atom stereocenters. The number of aliphatic imine (C=N–C) groups is 1. The van der Waals surface area contributed by atoms with Crippen molar-refractivity contribution in [2.24, 2.45) is 17.5 Å². The Morgan fingerprint density at radius 3 is 2.79 bits per heavy atom. The second-order valence-corrected chi connectivity index (χ2v) is 7.30. The summed E-state index contributed by atoms with van der Waals surface area (Å²) in [5, 5.41) is 7.66. The zero-order chi connectivity index (χ0) is 16.9. The summed E-state index contributed by atoms with van der Waals surface area (Å²) in [5.41, 5.74) is 1.44. The largest absolute Gasteiger partial charge is 0.370 e. The van der Waals surface area contributed by atoms with Gasteiger partial charge in [0.1, 0.15) is 6.10 Å². The summed E-state index contributed by atoms with van der Waals surface area (Å²) in [6.07, 6.45) is 5.05. The average Bonchev–Trinajstić information content (AvgIpc) is 2.92. The predicted octanol–water partition coefficient (Wildman–Crippen LogP) is 2.81. The van der Waals surface area contributed by atoms with Crippen LogP contribution in [0.2, 0.25) is 0 Å². The molecule has 2 heterocycles. The van der Waals surface area contributed by atoms with Crippen LogP contribution in [0.5, 0.6) is 0 Å². The van der Waals surface area contributed by atoms with Gasteiger partial charge >= 0.3 is 0 Å². The molecule has 0 aromatic carbocycles. The van der Waals surface area contributed by atoms with Crippen molar-refractivity contribution in [2.45, 2.75) is 40.2 Å². The Kier molecular flexibility index (Phi) is 8.49. The normalized spacial score (nSPS) is 19.1. The molecule has 1 aliphatic heterocycles. The molecule has 1 fully saturated rings. The van der Waals surface area contributed by atoms with Crippen molar-refractivity contribution in [1.82, 2.24) is 20.0 Å². The van der Waals surface area contributed by atoms with Crippen molar-refractivity contribution in [2.75, 3.05) is 32.8 Å². The molecular formula is C17H32IN5O. The number of hydrogen-bond acceptors (Lipinski definition) is 3. The lowest BCUT2D eigenvalue weighted by Gasteiger charge is -2.35. The maximum absolute atomic E-state index is 5.92. The molecule has 1 unspecified atom stereocenters. The van der Waals surface area contributed by atoms with Crippen LogP contribution in [0.1, 0.15) is 45.8 Å². The first-order valence-electron chi connectivity index (χ1n) is 8.52. The molecule has 0 saturated carbocycles. The van der Waals surface area contributed by atoms with Crippen LogP contribution in [0.4, 0.5) is 0 Å². The zero-order valence-corrected chi connectivity index (χ0v) is 17.9. The summed E-state index contributed by atoms with van der Waals surface area (Å²) in [6, 6.07) is 0. The van der Waals surface area contributed by atoms with Gasteiger partial charge in [0.05, 0.1) is 19.3 Å². The van der Waals surface area contributed by atoms with Crippen LogP contribution in [0.25, 0.3) is 0 Å². The van der Waals surface area contributed by atoms with Gasteiger partial charge in [-0.15, -0.1) is 24.0 Å². The van der Waals surface area contributed by atoms with Crippen molar-refractivity contribution in [3.63, 3.8) is 0 Å². The molecule has 0 radical (unpaired) electrons. The Morgan fingerprint density at radius 2 is 2.21 bits per heavy atom. The Morgan fingerprint density at radius 1 is 1.46 bits per heavy atom. The van der Waals surface area contributed by atoms with Crippen molar-refractivity contribution < 1.29 is 4.74 Å². The third kappa shape index (κ3) is 6.58. The monoisotopic (exact) mass is 449 g/mol. The van der Waals surface area contributed by atoms with Gasteiger partial charge in [0, 0.05) is 38.4 Å². The van der Waals surface area contributed by atoms with Gasteiger partial charge < -0.3 is 15.0 Å². The van der Waals surface area contributed by atoms with Crippen molar-refractivity contribution in [3.05, 3.63) is 18.0 Å². The Bertz CT molecular complexity index is 523. The standard InChI is InChI=1S/C17H31N5O.HI/c1-6-18-16(19-8-7-17(2,3)4)22-9-10-23-15(13-22)14-11-20-21(5)12-14;/h11-12,15H,6-10,13H2,1-5H3,(H,18,19);1H. The van der Waals surface area contributed by atoms with E-state index in [0.717, 1.165) is 44.1 Å². The highest BCUT2D eigenvalue weighted by Gasteiger charge is 2.25. The molecule has 0 spiro atoms. The highest BCUT2D eigenvalue weighted by atomic mass is 127. The number of morpholine rings is 1. The molecular weight excluding hydrogens is 417 g/mol. The highest BCUT2D eigenvalue weighted by molar-refractivity contribution is 14.0. The summed E-state index contributed by atoms with van der Waals surface area (Å²) in [6.45, 7) is 13.0. The number of hydrogen-bond donors (Lipinski definition) is 1. The topological polar surface area (TPSA) is 54.7 Å². The third-order valence-electron chi connectivity index (χ3n) is 3.92. The SMILES string of the molecule is CCNC(=NCCC(C)(C)C)N1CCOC(c2cnn(C)c2)C1.I. The number of nitrogens with zero attached hydrogens (tertiary/aromatic N) is 4. The maximum atomic E-state index is 5.92. The second-order valence-electron chi connectivity index (χ2n) is 7.30. The lowest BCUT2D eigenvalue weighted by atomic mass is 9.92. The molecule has 0 bridgehead atoms. The van der Waals surface area contributed by atoms with E-state index in [0.29, 0.717) is 12.0 Å². The molecule has 2 rings (SSSR count). The first-order chi connectivity index (χ1) is 10.9. The van der Waals surface area contributed by atoms with Crippen molar-refractivity contribution >= 4 is 29.9 Å². The van der Waals surface area contributed by atoms with E-state index < -0.39 is 0 Å². The fourth-order valence-electron chi connectivity index (χ4n) is 2.57. The molecule has 24 heavy (non-hydrogen) atoms. The number of nitrogens with one attached hydrogen (secondary N) is 1. The molecule has 1 aliphatic rings. The molecule has 6 nitrogen and oxygen atoms in total. The smallest absolute Gasteiger partial charge is 0.194 e. The van der Waals surface area contributed by atoms with E-state index in [1.54, 1.807) is 0 Å². The average molecular weight is 449 g/mol. The van der Waals surface area contributed by atoms with Crippen LogP contribution < -0.4 is 5.32 Å². The summed E-state index contributed by atoms with van der Waals surface area (Å²) < 4.78 is 7.74. The van der Waals surface area contributed by atoms with E-state index in [-0.39, 0.29) is 30.1 Å². The minimum absolute atomic E-state index is 0. The molecule has 1 aromatic rings. The lowest BCUT2D eigenvalue weighted by Crippen LogP contribution is -2.48. The third-order valence-corrected chi connectivity index (χ3v) is 3.92. The van der Waals surface area contributed by atoms with Gasteiger partial charge in [-0.3, -0.25) is 9.67 Å². The first kappa shape index (κ1) is 21.2. The van der Waals surface area contributed by atoms with Gasteiger partial charge in [-0.05, 0) is 18.8 Å². The quantitative estimate of drug-likeness (QED) is 0.437. The van der Waals surface area contributed by atoms with Gasteiger partial charge in [0.25, 0.3) is 0 Å². The van der Waals surface area contributed by atoms with E-state index in [1.165, 1.54) is 0 Å². The van der Waals surface area contributed by atoms with E-state index in [9.17, 15) is 0 Å². The second kappa shape index (κ2) is 9.60. The van der Waals surface area contributed by atoms with E-state index >= 15 is 0 Å². The van der Waals surface area contributed by atoms with Crippen molar-refractivity contribution in [1.29, 1.82) is 0 Å². The lowest BCUT2D eigenvalue weighted by molar-refractivity contribution is -0.00805. The van der Waals surface area contributed by atoms with Crippen LogP contribution in [-0.2, 0) is 11.8 Å². The fourth-order valence-corrected chi connectivity index (χ4v) is 2.57. The molecule has 1 saturated heterocycles. The molecule has 0 aliphatic carbocycles. The number of aromatic nitrogens is 2. The summed E-state index contributed by atoms with van der Waals surface area (Å²) >= 11 is 0. The number of rotatable bonds is 4. The summed E-state index contributed by atoms with van der Waals surface area (Å²) in [4.78, 5) is 7.11. The molecule has 1 aromatic heterocycles. The maximum Gasteiger partial charge on any atom is 0.194 e. The van der Waals surface area contributed by atoms with Crippen LogP contribution in [0.3, 0.4) is 0 Å². The van der Waals surface area contributed by atoms with Crippen LogP contribution >= 0.6 is 24.0 Å². The Balaban J connectivity index is 0.00000288. The number of guanidine groups is 1. The van der Waals surface area contributed by atoms with Crippen LogP contribution in [-0.4, -0.2) is 53.4 Å². The molecule has 138 valence electrons. The minimum atomic E-state index is 0. The molecule has 0 amide bonds. The molecule has 1 N–H and O–H groups in total. The highest BCUT2D eigenvalue weighted by Crippen LogP contribution is 2.22. The van der Waals surface area contributed by atoms with Gasteiger partial charge in [-0.1, -0.05) is 20.8 Å². The number of aryl methyl sites for hydroxylation is 1. The fraction of sp³-hybridized carbons (Fsp3) is 0.765. The van der Waals surface area contributed by atoms with Crippen molar-refractivity contribution in [3.8, 4) is 0 Å². The van der Waals surface area contributed by atoms with Gasteiger partial charge in [0.2, 0.25) is 0 Å². The summed E-state index contributed by atoms with van der Waals surface area (Å²) in [5.74, 6) is 0.994. The van der Waals surface area contributed by atoms with Crippen LogP contribution in [0, 0.1) is 5.41 Å². The Labute approximate surface area is 163 Å². The first-order valence-corrected chi connectivity index (χ1v) is 8.52. The molecule has 7 heteroatoms. The Hall–Kier alpha value is -0.830. The van der Waals surface area contributed by atoms with Gasteiger partial charge in [-0.2, -0.15) is 5.10 Å². The van der Waals surface area contributed by atoms with Gasteiger partial charge in [-0.25, -0.2) is 0 Å². The van der Waals surface area contributed by atoms with E-state index in [2.05, 4.69) is 43.0 Å². The zero-order valence-electron chi connectivity index (χ0n) is 15.6.